The zero-order valence-electron chi connectivity index (χ0n) is 14.5. The van der Waals surface area contributed by atoms with E-state index in [1.807, 2.05) is 30.3 Å². The minimum absolute atomic E-state index is 0.0473. The topological polar surface area (TPSA) is 45.2 Å². The smallest absolute Gasteiger partial charge is 0.231 e. The fraction of sp³-hybridized carbons (Fsp3) is 0.429. The van der Waals surface area contributed by atoms with Gasteiger partial charge in [-0.05, 0) is 62.0 Å². The molecule has 1 saturated heterocycles. The fourth-order valence-corrected chi connectivity index (χ4v) is 3.88. The number of pyridine rings is 1. The Morgan fingerprint density at radius 2 is 1.76 bits per heavy atom. The summed E-state index contributed by atoms with van der Waals surface area (Å²) in [7, 11) is 0. The summed E-state index contributed by atoms with van der Waals surface area (Å²) >= 11 is 0. The predicted octanol–water partition coefficient (Wildman–Crippen LogP) is 3.07. The van der Waals surface area contributed by atoms with Crippen molar-refractivity contribution < 1.29 is 4.79 Å². The van der Waals surface area contributed by atoms with Crippen LogP contribution < -0.4 is 5.32 Å². The first-order valence-corrected chi connectivity index (χ1v) is 9.27. The van der Waals surface area contributed by atoms with E-state index in [-0.39, 0.29) is 17.4 Å². The van der Waals surface area contributed by atoms with E-state index in [2.05, 4.69) is 27.3 Å². The summed E-state index contributed by atoms with van der Waals surface area (Å²) in [6.07, 6.45) is 7.93. The molecule has 25 heavy (non-hydrogen) atoms. The van der Waals surface area contributed by atoms with Crippen molar-refractivity contribution >= 4 is 5.91 Å². The van der Waals surface area contributed by atoms with Crippen molar-refractivity contribution in [1.29, 1.82) is 0 Å². The zero-order chi connectivity index (χ0) is 17.1. The average Bonchev–Trinajstić information content (AvgIpc) is 3.33. The van der Waals surface area contributed by atoms with Gasteiger partial charge in [0.2, 0.25) is 5.91 Å². The molecule has 1 aromatic heterocycles. The molecule has 1 aliphatic carbocycles. The van der Waals surface area contributed by atoms with Crippen molar-refractivity contribution in [3.05, 3.63) is 66.0 Å². The van der Waals surface area contributed by atoms with Gasteiger partial charge in [-0.3, -0.25) is 9.78 Å². The van der Waals surface area contributed by atoms with Crippen LogP contribution in [-0.2, 0) is 10.2 Å². The van der Waals surface area contributed by atoms with Gasteiger partial charge in [-0.2, -0.15) is 0 Å². The highest BCUT2D eigenvalue weighted by atomic mass is 16.2. The number of hydrogen-bond acceptors (Lipinski definition) is 3. The number of aromatic nitrogens is 1. The highest BCUT2D eigenvalue weighted by Crippen LogP contribution is 2.48. The van der Waals surface area contributed by atoms with Crippen LogP contribution in [0.15, 0.2) is 54.9 Å². The Kier molecular flexibility index (Phi) is 4.53. The number of carbonyl (C=O) groups is 1. The van der Waals surface area contributed by atoms with Crippen LogP contribution in [0.4, 0.5) is 0 Å². The number of nitrogens with one attached hydrogen (secondary N) is 1. The summed E-state index contributed by atoms with van der Waals surface area (Å²) in [5, 5.41) is 3.36. The Labute approximate surface area is 149 Å². The minimum atomic E-state index is -0.346. The standard InChI is InChI=1S/C21H25N3O/c25-20(21(10-11-21)18-8-12-22-13-9-18)23-19(16-24-14-4-5-15-24)17-6-2-1-3-7-17/h1-3,6-9,12-13,19H,4-5,10-11,14-16H2,(H,23,25). The van der Waals surface area contributed by atoms with Crippen LogP contribution in [0.1, 0.15) is 42.9 Å². The van der Waals surface area contributed by atoms with Crippen molar-refractivity contribution in [2.24, 2.45) is 0 Å². The number of benzene rings is 1. The van der Waals surface area contributed by atoms with E-state index in [9.17, 15) is 4.79 Å². The molecule has 0 spiro atoms. The van der Waals surface area contributed by atoms with E-state index >= 15 is 0 Å². The highest BCUT2D eigenvalue weighted by molar-refractivity contribution is 5.91. The molecule has 1 N–H and O–H groups in total. The zero-order valence-corrected chi connectivity index (χ0v) is 14.5. The van der Waals surface area contributed by atoms with Crippen LogP contribution in [0.25, 0.3) is 0 Å². The Balaban J connectivity index is 1.53. The van der Waals surface area contributed by atoms with Crippen LogP contribution in [0, 0.1) is 0 Å². The number of amides is 1. The lowest BCUT2D eigenvalue weighted by molar-refractivity contribution is -0.124. The lowest BCUT2D eigenvalue weighted by Crippen LogP contribution is -2.41. The van der Waals surface area contributed by atoms with Crippen LogP contribution in [-0.4, -0.2) is 35.4 Å². The van der Waals surface area contributed by atoms with Gasteiger partial charge in [0.15, 0.2) is 0 Å². The van der Waals surface area contributed by atoms with Gasteiger partial charge in [-0.1, -0.05) is 30.3 Å². The molecule has 0 radical (unpaired) electrons. The second-order valence-electron chi connectivity index (χ2n) is 7.26. The molecule has 4 heteroatoms. The maximum absolute atomic E-state index is 13.1. The third kappa shape index (κ3) is 3.45. The Morgan fingerprint density at radius 1 is 1.08 bits per heavy atom. The minimum Gasteiger partial charge on any atom is -0.347 e. The van der Waals surface area contributed by atoms with Crippen LogP contribution >= 0.6 is 0 Å². The van der Waals surface area contributed by atoms with Gasteiger partial charge in [-0.25, -0.2) is 0 Å². The van der Waals surface area contributed by atoms with Gasteiger partial charge < -0.3 is 10.2 Å². The quantitative estimate of drug-likeness (QED) is 0.882. The van der Waals surface area contributed by atoms with E-state index in [4.69, 9.17) is 0 Å². The molecule has 1 unspecified atom stereocenters. The predicted molar refractivity (Wildman–Crippen MR) is 98.1 cm³/mol. The van der Waals surface area contributed by atoms with Crippen LogP contribution in [0.5, 0.6) is 0 Å². The molecule has 1 aromatic carbocycles. The average molecular weight is 335 g/mol. The second kappa shape index (κ2) is 6.96. The molecule has 2 aliphatic rings. The second-order valence-corrected chi connectivity index (χ2v) is 7.26. The molecule has 2 fully saturated rings. The summed E-state index contributed by atoms with van der Waals surface area (Å²) in [4.78, 5) is 19.7. The molecule has 4 rings (SSSR count). The van der Waals surface area contributed by atoms with Gasteiger partial charge in [0.05, 0.1) is 11.5 Å². The van der Waals surface area contributed by atoms with E-state index in [0.29, 0.717) is 0 Å². The fourth-order valence-electron chi connectivity index (χ4n) is 3.88. The number of rotatable bonds is 6. The third-order valence-corrected chi connectivity index (χ3v) is 5.56. The van der Waals surface area contributed by atoms with Crippen molar-refractivity contribution in [2.75, 3.05) is 19.6 Å². The van der Waals surface area contributed by atoms with Crippen molar-refractivity contribution in [3.8, 4) is 0 Å². The maximum Gasteiger partial charge on any atom is 0.231 e. The summed E-state index contributed by atoms with van der Waals surface area (Å²) < 4.78 is 0. The maximum atomic E-state index is 13.1. The monoisotopic (exact) mass is 335 g/mol. The summed E-state index contributed by atoms with van der Waals surface area (Å²) in [5.41, 5.74) is 1.93. The van der Waals surface area contributed by atoms with Crippen molar-refractivity contribution in [2.45, 2.75) is 37.1 Å². The van der Waals surface area contributed by atoms with Gasteiger partial charge >= 0.3 is 0 Å². The number of carbonyl (C=O) groups excluding carboxylic acids is 1. The Hall–Kier alpha value is -2.20. The molecular weight excluding hydrogens is 310 g/mol. The van der Waals surface area contributed by atoms with E-state index < -0.39 is 0 Å². The molecule has 130 valence electrons. The van der Waals surface area contributed by atoms with Gasteiger partial charge in [-0.15, -0.1) is 0 Å². The number of nitrogens with zero attached hydrogens (tertiary/aromatic N) is 2. The van der Waals surface area contributed by atoms with E-state index in [1.165, 1.54) is 18.4 Å². The normalized spacial score (nSPS) is 20.2. The molecule has 1 atom stereocenters. The molecule has 1 amide bonds. The van der Waals surface area contributed by atoms with E-state index in [1.54, 1.807) is 12.4 Å². The lowest BCUT2D eigenvalue weighted by atomic mass is 9.95. The molecule has 2 heterocycles. The SMILES string of the molecule is O=C(NC(CN1CCCC1)c1ccccc1)C1(c2ccncc2)CC1. The molecular formula is C21H25N3O. The third-order valence-electron chi connectivity index (χ3n) is 5.56. The summed E-state index contributed by atoms with van der Waals surface area (Å²) in [6, 6.07) is 14.4. The largest absolute Gasteiger partial charge is 0.347 e. The summed E-state index contributed by atoms with van der Waals surface area (Å²) in [6.45, 7) is 3.16. The number of likely N-dealkylation sites (tertiary alicyclic amines) is 1. The van der Waals surface area contributed by atoms with Gasteiger partial charge in [0.1, 0.15) is 0 Å². The van der Waals surface area contributed by atoms with Gasteiger partial charge in [0.25, 0.3) is 0 Å². The molecule has 1 saturated carbocycles. The highest BCUT2D eigenvalue weighted by Gasteiger charge is 2.51. The molecule has 2 aromatic rings. The number of hydrogen-bond donors (Lipinski definition) is 1. The van der Waals surface area contributed by atoms with Gasteiger partial charge in [0, 0.05) is 18.9 Å². The molecule has 1 aliphatic heterocycles. The summed E-state index contributed by atoms with van der Waals surface area (Å²) in [5.74, 6) is 0.159. The molecule has 4 nitrogen and oxygen atoms in total. The van der Waals surface area contributed by atoms with Crippen molar-refractivity contribution in [1.82, 2.24) is 15.2 Å². The van der Waals surface area contributed by atoms with Crippen LogP contribution in [0.3, 0.4) is 0 Å². The Bertz CT molecular complexity index is 706. The first-order valence-electron chi connectivity index (χ1n) is 9.27. The first kappa shape index (κ1) is 16.3. The first-order chi connectivity index (χ1) is 12.3. The lowest BCUT2D eigenvalue weighted by Gasteiger charge is -2.27. The van der Waals surface area contributed by atoms with E-state index in [0.717, 1.165) is 38.0 Å². The van der Waals surface area contributed by atoms with Crippen LogP contribution in [0.2, 0.25) is 0 Å². The van der Waals surface area contributed by atoms with Crippen molar-refractivity contribution in [3.63, 3.8) is 0 Å². The molecule has 0 bridgehead atoms. The Morgan fingerprint density at radius 3 is 2.40 bits per heavy atom.